The van der Waals surface area contributed by atoms with Gasteiger partial charge in [0.1, 0.15) is 0 Å². The summed E-state index contributed by atoms with van der Waals surface area (Å²) in [5, 5.41) is 2.03. The van der Waals surface area contributed by atoms with Gasteiger partial charge in [0.2, 0.25) is 0 Å². The zero-order valence-corrected chi connectivity index (χ0v) is 9.60. The van der Waals surface area contributed by atoms with Crippen molar-refractivity contribution in [3.8, 4) is 10.4 Å². The lowest BCUT2D eigenvalue weighted by atomic mass is 9.98. The van der Waals surface area contributed by atoms with Gasteiger partial charge in [0, 0.05) is 16.0 Å². The summed E-state index contributed by atoms with van der Waals surface area (Å²) >= 11 is 1.67. The standard InChI is InChI=1S/C13H12OS/c1-9-5-3-6-11(10(2)14)13(9)12-7-4-8-15-12/h3-8H,1-2H3. The van der Waals surface area contributed by atoms with E-state index in [0.717, 1.165) is 16.7 Å². The predicted molar refractivity (Wildman–Crippen MR) is 64.5 cm³/mol. The summed E-state index contributed by atoms with van der Waals surface area (Å²) in [6, 6.07) is 9.94. The Labute approximate surface area is 93.4 Å². The number of carbonyl (C=O) groups is 1. The highest BCUT2D eigenvalue weighted by Gasteiger charge is 2.11. The van der Waals surface area contributed by atoms with E-state index in [1.165, 1.54) is 4.88 Å². The van der Waals surface area contributed by atoms with Crippen molar-refractivity contribution in [1.82, 2.24) is 0 Å². The summed E-state index contributed by atoms with van der Waals surface area (Å²) in [5.41, 5.74) is 3.06. The molecule has 0 atom stereocenters. The zero-order chi connectivity index (χ0) is 10.8. The maximum absolute atomic E-state index is 11.5. The average Bonchev–Trinajstić information content (AvgIpc) is 2.70. The van der Waals surface area contributed by atoms with Crippen LogP contribution in [0.1, 0.15) is 22.8 Å². The lowest BCUT2D eigenvalue weighted by molar-refractivity contribution is 0.101. The fourth-order valence-electron chi connectivity index (χ4n) is 1.71. The van der Waals surface area contributed by atoms with Crippen LogP contribution in [0.2, 0.25) is 0 Å². The molecule has 0 amide bonds. The second kappa shape index (κ2) is 3.99. The molecule has 0 unspecified atom stereocenters. The molecule has 0 fully saturated rings. The molecule has 1 nitrogen and oxygen atoms in total. The number of aryl methyl sites for hydroxylation is 1. The van der Waals surface area contributed by atoms with Crippen molar-refractivity contribution in [3.63, 3.8) is 0 Å². The fraction of sp³-hybridized carbons (Fsp3) is 0.154. The molecule has 1 heterocycles. The number of thiophene rings is 1. The molecule has 15 heavy (non-hydrogen) atoms. The molecule has 2 rings (SSSR count). The molecule has 1 aromatic heterocycles. The summed E-state index contributed by atoms with van der Waals surface area (Å²) in [5.74, 6) is 0.127. The van der Waals surface area contributed by atoms with Gasteiger partial charge in [-0.3, -0.25) is 4.79 Å². The number of benzene rings is 1. The van der Waals surface area contributed by atoms with Gasteiger partial charge in [-0.1, -0.05) is 24.3 Å². The molecule has 2 aromatic rings. The van der Waals surface area contributed by atoms with Crippen LogP contribution < -0.4 is 0 Å². The van der Waals surface area contributed by atoms with Crippen LogP contribution in [0.15, 0.2) is 35.7 Å². The molecule has 2 heteroatoms. The average molecular weight is 216 g/mol. The maximum atomic E-state index is 11.5. The molecule has 0 aliphatic heterocycles. The van der Waals surface area contributed by atoms with Crippen molar-refractivity contribution in [1.29, 1.82) is 0 Å². The van der Waals surface area contributed by atoms with Crippen LogP contribution in [0, 0.1) is 6.92 Å². The second-order valence-corrected chi connectivity index (χ2v) is 4.48. The highest BCUT2D eigenvalue weighted by atomic mass is 32.1. The lowest BCUT2D eigenvalue weighted by Gasteiger charge is -2.08. The normalized spacial score (nSPS) is 10.3. The van der Waals surface area contributed by atoms with E-state index < -0.39 is 0 Å². The number of hydrogen-bond acceptors (Lipinski definition) is 2. The summed E-state index contributed by atoms with van der Waals surface area (Å²) in [6.45, 7) is 3.66. The van der Waals surface area contributed by atoms with Crippen molar-refractivity contribution >= 4 is 17.1 Å². The minimum Gasteiger partial charge on any atom is -0.294 e. The molecule has 1 aromatic carbocycles. The Morgan fingerprint density at radius 1 is 1.20 bits per heavy atom. The summed E-state index contributed by atoms with van der Waals surface area (Å²) in [7, 11) is 0. The second-order valence-electron chi connectivity index (χ2n) is 3.53. The quantitative estimate of drug-likeness (QED) is 0.695. The van der Waals surface area contributed by atoms with Gasteiger partial charge in [-0.05, 0) is 30.9 Å². The first kappa shape index (κ1) is 10.1. The van der Waals surface area contributed by atoms with Crippen LogP contribution in [-0.2, 0) is 0 Å². The fourth-order valence-corrected chi connectivity index (χ4v) is 2.56. The topological polar surface area (TPSA) is 17.1 Å². The molecule has 0 aliphatic carbocycles. The van der Waals surface area contributed by atoms with Crippen LogP contribution in [0.4, 0.5) is 0 Å². The Bertz CT molecular complexity index is 483. The third kappa shape index (κ3) is 1.85. The minimum absolute atomic E-state index is 0.127. The molecule has 0 spiro atoms. The van der Waals surface area contributed by atoms with E-state index in [9.17, 15) is 4.79 Å². The number of carbonyl (C=O) groups excluding carboxylic acids is 1. The molecular weight excluding hydrogens is 204 g/mol. The summed E-state index contributed by atoms with van der Waals surface area (Å²) in [6.07, 6.45) is 0. The van der Waals surface area contributed by atoms with Crippen LogP contribution >= 0.6 is 11.3 Å². The number of rotatable bonds is 2. The Kier molecular flexibility index (Phi) is 2.69. The number of Topliss-reactive ketones (excluding diaryl/α,β-unsaturated/α-hetero) is 1. The predicted octanol–water partition coefficient (Wildman–Crippen LogP) is 3.93. The van der Waals surface area contributed by atoms with Crippen LogP contribution in [0.25, 0.3) is 10.4 Å². The molecular formula is C13H12OS. The van der Waals surface area contributed by atoms with E-state index in [0.29, 0.717) is 0 Å². The molecule has 0 bridgehead atoms. The molecule has 76 valence electrons. The van der Waals surface area contributed by atoms with Gasteiger partial charge in [-0.25, -0.2) is 0 Å². The highest BCUT2D eigenvalue weighted by molar-refractivity contribution is 7.13. The first-order valence-corrected chi connectivity index (χ1v) is 5.72. The SMILES string of the molecule is CC(=O)c1cccc(C)c1-c1cccs1. The Morgan fingerprint density at radius 2 is 2.00 bits per heavy atom. The van der Waals surface area contributed by atoms with E-state index in [2.05, 4.69) is 6.07 Å². The molecule has 0 radical (unpaired) electrons. The minimum atomic E-state index is 0.127. The van der Waals surface area contributed by atoms with Crippen molar-refractivity contribution in [2.75, 3.05) is 0 Å². The van der Waals surface area contributed by atoms with Gasteiger partial charge in [-0.15, -0.1) is 11.3 Å². The number of ketones is 1. The Morgan fingerprint density at radius 3 is 2.60 bits per heavy atom. The molecule has 0 N–H and O–H groups in total. The first-order valence-electron chi connectivity index (χ1n) is 4.84. The van der Waals surface area contributed by atoms with Gasteiger partial charge in [0.05, 0.1) is 0 Å². The van der Waals surface area contributed by atoms with Gasteiger partial charge < -0.3 is 0 Å². The number of hydrogen-bond donors (Lipinski definition) is 0. The maximum Gasteiger partial charge on any atom is 0.160 e. The lowest BCUT2D eigenvalue weighted by Crippen LogP contribution is -1.96. The van der Waals surface area contributed by atoms with Crippen LogP contribution in [0.5, 0.6) is 0 Å². The highest BCUT2D eigenvalue weighted by Crippen LogP contribution is 2.31. The zero-order valence-electron chi connectivity index (χ0n) is 8.78. The monoisotopic (exact) mass is 216 g/mol. The van der Waals surface area contributed by atoms with E-state index in [1.54, 1.807) is 18.3 Å². The van der Waals surface area contributed by atoms with E-state index >= 15 is 0 Å². The van der Waals surface area contributed by atoms with Gasteiger partial charge in [0.15, 0.2) is 5.78 Å². The first-order chi connectivity index (χ1) is 7.20. The van der Waals surface area contributed by atoms with E-state index in [-0.39, 0.29) is 5.78 Å². The van der Waals surface area contributed by atoms with Gasteiger partial charge >= 0.3 is 0 Å². The van der Waals surface area contributed by atoms with Crippen LogP contribution in [-0.4, -0.2) is 5.78 Å². The Hall–Kier alpha value is -1.41. The third-order valence-corrected chi connectivity index (χ3v) is 3.31. The van der Waals surface area contributed by atoms with Gasteiger partial charge in [0.25, 0.3) is 0 Å². The molecule has 0 saturated carbocycles. The molecule has 0 saturated heterocycles. The van der Waals surface area contributed by atoms with E-state index in [1.807, 2.05) is 36.6 Å². The van der Waals surface area contributed by atoms with Crippen LogP contribution in [0.3, 0.4) is 0 Å². The Balaban J connectivity index is 2.68. The van der Waals surface area contributed by atoms with Crippen molar-refractivity contribution < 1.29 is 4.79 Å². The summed E-state index contributed by atoms with van der Waals surface area (Å²) in [4.78, 5) is 12.7. The summed E-state index contributed by atoms with van der Waals surface area (Å²) < 4.78 is 0. The van der Waals surface area contributed by atoms with Gasteiger partial charge in [-0.2, -0.15) is 0 Å². The third-order valence-electron chi connectivity index (χ3n) is 2.42. The van der Waals surface area contributed by atoms with Crippen molar-refractivity contribution in [2.45, 2.75) is 13.8 Å². The molecule has 0 aliphatic rings. The van der Waals surface area contributed by atoms with Crippen molar-refractivity contribution in [3.05, 3.63) is 46.8 Å². The smallest absolute Gasteiger partial charge is 0.160 e. The largest absolute Gasteiger partial charge is 0.294 e. The van der Waals surface area contributed by atoms with Crippen molar-refractivity contribution in [2.24, 2.45) is 0 Å². The van der Waals surface area contributed by atoms with E-state index in [4.69, 9.17) is 0 Å².